The number of benzene rings is 2. The molecule has 2 fully saturated rings. The van der Waals surface area contributed by atoms with Gasteiger partial charge in [0.1, 0.15) is 53.5 Å². The summed E-state index contributed by atoms with van der Waals surface area (Å²) >= 11 is 6.72. The molecule has 1 N–H and O–H groups in total. The summed E-state index contributed by atoms with van der Waals surface area (Å²) in [5.74, 6) is -0.00369. The van der Waals surface area contributed by atoms with Crippen LogP contribution in [0.1, 0.15) is 65.6 Å². The lowest BCUT2D eigenvalue weighted by molar-refractivity contribution is -0.138. The number of piperazine rings is 1. The highest BCUT2D eigenvalue weighted by Gasteiger charge is 2.30. The first-order chi connectivity index (χ1) is 39.2. The van der Waals surface area contributed by atoms with Gasteiger partial charge in [-0.3, -0.25) is 9.59 Å². The van der Waals surface area contributed by atoms with Crippen molar-refractivity contribution in [3.05, 3.63) is 130 Å². The highest BCUT2D eigenvalue weighted by atomic mass is 35.5. The third-order valence-corrected chi connectivity index (χ3v) is 14.0. The maximum Gasteiger partial charge on any atom is 0.339 e. The summed E-state index contributed by atoms with van der Waals surface area (Å²) in [6.07, 6.45) is 7.25. The van der Waals surface area contributed by atoms with Gasteiger partial charge in [-0.05, 0) is 57.2 Å². The number of hydrogen-bond donors (Lipinski definition) is 1. The van der Waals surface area contributed by atoms with Gasteiger partial charge in [-0.25, -0.2) is 43.2 Å². The summed E-state index contributed by atoms with van der Waals surface area (Å²) in [5.41, 5.74) is 2.89. The molecule has 2 atom stereocenters. The number of aromatic nitrogens is 8. The summed E-state index contributed by atoms with van der Waals surface area (Å²) in [5, 5.41) is 21.1. The van der Waals surface area contributed by atoms with Crippen molar-refractivity contribution >= 4 is 52.1 Å². The number of fused-ring (bicyclic) bond motifs is 1. The highest BCUT2D eigenvalue weighted by Crippen LogP contribution is 2.37. The molecule has 0 aliphatic carbocycles. The van der Waals surface area contributed by atoms with E-state index in [1.807, 2.05) is 30.0 Å². The molecule has 2 aliphatic heterocycles. The number of halogens is 3. The molecule has 0 radical (unpaired) electrons. The highest BCUT2D eigenvalue weighted by molar-refractivity contribution is 6.35. The van der Waals surface area contributed by atoms with Gasteiger partial charge in [0.05, 0.1) is 91.5 Å². The Bertz CT molecular complexity index is 3400. The first kappa shape index (κ1) is 57.2. The molecule has 81 heavy (non-hydrogen) atoms. The van der Waals surface area contributed by atoms with Crippen LogP contribution >= 0.6 is 11.6 Å². The minimum atomic E-state index is -0.656. The maximum atomic E-state index is 15.7. The first-order valence-electron chi connectivity index (χ1n) is 26.1. The number of ether oxygens (including phenoxy) is 6. The monoisotopic (exact) mass is 1130 g/mol. The second kappa shape index (κ2) is 26.6. The van der Waals surface area contributed by atoms with E-state index in [-0.39, 0.29) is 90.9 Å². The molecule has 422 valence electrons. The van der Waals surface area contributed by atoms with Crippen LogP contribution in [0.25, 0.3) is 22.3 Å². The second-order valence-electron chi connectivity index (χ2n) is 19.2. The van der Waals surface area contributed by atoms with Crippen molar-refractivity contribution in [3.63, 3.8) is 0 Å². The number of methoxy groups -OCH3 is 1. The van der Waals surface area contributed by atoms with Crippen LogP contribution in [0.2, 0.25) is 5.02 Å². The van der Waals surface area contributed by atoms with Gasteiger partial charge in [-0.1, -0.05) is 22.9 Å². The number of aryl methyl sites for hydroxylation is 1. The molecule has 25 heteroatoms. The molecule has 2 aromatic carbocycles. The van der Waals surface area contributed by atoms with Crippen molar-refractivity contribution < 1.29 is 51.6 Å². The van der Waals surface area contributed by atoms with Crippen molar-refractivity contribution in [1.82, 2.24) is 49.7 Å². The normalized spacial score (nSPS) is 15.1. The van der Waals surface area contributed by atoms with Crippen molar-refractivity contribution in [2.45, 2.75) is 65.0 Å². The van der Waals surface area contributed by atoms with Gasteiger partial charge < -0.3 is 48.4 Å². The first-order valence-corrected chi connectivity index (χ1v) is 26.5. The minimum absolute atomic E-state index is 0.0168. The average molecular weight is 1130 g/mol. The Balaban J connectivity index is 0.648. The number of anilines is 2. The third kappa shape index (κ3) is 14.5. The number of hydrogen-bond acceptors (Lipinski definition) is 19. The number of pyridine rings is 3. The number of carbonyl (C=O) groups excluding carboxylic acids is 3. The zero-order valence-electron chi connectivity index (χ0n) is 44.9. The van der Waals surface area contributed by atoms with Crippen molar-refractivity contribution in [3.8, 4) is 34.7 Å². The van der Waals surface area contributed by atoms with Gasteiger partial charge in [0.2, 0.25) is 23.6 Å². The molecule has 0 spiro atoms. The van der Waals surface area contributed by atoms with Crippen LogP contribution in [-0.2, 0) is 41.7 Å². The molecule has 0 bridgehead atoms. The van der Waals surface area contributed by atoms with Gasteiger partial charge in [0, 0.05) is 99.5 Å². The van der Waals surface area contributed by atoms with Crippen LogP contribution in [0.4, 0.5) is 20.4 Å². The number of nitriles is 1. The summed E-state index contributed by atoms with van der Waals surface area (Å²) in [4.78, 5) is 65.8. The van der Waals surface area contributed by atoms with Gasteiger partial charge in [0.25, 0.3) is 0 Å². The molecule has 7 heterocycles. The molecule has 0 saturated carbocycles. The van der Waals surface area contributed by atoms with E-state index in [1.54, 1.807) is 54.1 Å². The number of nitrogens with zero attached hydrogens (tertiary/aromatic N) is 12. The van der Waals surface area contributed by atoms with E-state index in [4.69, 9.17) is 40.0 Å². The fourth-order valence-electron chi connectivity index (χ4n) is 9.26. The van der Waals surface area contributed by atoms with Gasteiger partial charge >= 0.3 is 5.97 Å². The van der Waals surface area contributed by atoms with E-state index < -0.39 is 23.6 Å². The van der Waals surface area contributed by atoms with E-state index in [0.29, 0.717) is 109 Å². The van der Waals surface area contributed by atoms with E-state index in [2.05, 4.69) is 40.5 Å². The molecule has 2 aliphatic rings. The molecular weight excluding hydrogens is 1070 g/mol. The smallest absolute Gasteiger partial charge is 0.339 e. The number of piperidine rings is 1. The third-order valence-electron chi connectivity index (χ3n) is 13.5. The number of likely N-dealkylation sites (tertiary alicyclic amines) is 1. The van der Waals surface area contributed by atoms with Crippen LogP contribution in [0.3, 0.4) is 0 Å². The number of carbonyl (C=O) groups is 3. The summed E-state index contributed by atoms with van der Waals surface area (Å²) in [6, 6.07) is 16.9. The fraction of sp³-hybridized carbons (Fsp3) is 0.375. The lowest BCUT2D eigenvalue weighted by Gasteiger charge is -2.39. The zero-order chi connectivity index (χ0) is 57.0. The predicted molar refractivity (Wildman–Crippen MR) is 290 cm³/mol. The summed E-state index contributed by atoms with van der Waals surface area (Å²) < 4.78 is 65.7. The number of rotatable bonds is 22. The quantitative estimate of drug-likeness (QED) is 0.0517. The van der Waals surface area contributed by atoms with Crippen molar-refractivity contribution in [1.29, 1.82) is 5.26 Å². The van der Waals surface area contributed by atoms with Crippen molar-refractivity contribution in [2.75, 3.05) is 83.1 Å². The number of amides is 2. The Morgan fingerprint density at radius 1 is 0.877 bits per heavy atom. The Morgan fingerprint density at radius 3 is 2.38 bits per heavy atom. The number of esters is 1. The number of nitrogens with one attached hydrogen (secondary N) is 1. The van der Waals surface area contributed by atoms with Crippen LogP contribution in [0.15, 0.2) is 85.5 Å². The van der Waals surface area contributed by atoms with E-state index in [9.17, 15) is 24.0 Å². The van der Waals surface area contributed by atoms with Crippen LogP contribution < -0.4 is 19.7 Å². The maximum absolute atomic E-state index is 15.7. The molecular formula is C56H58ClF2N13O9. The molecule has 5 aromatic heterocycles. The zero-order valence-corrected chi connectivity index (χ0v) is 45.6. The Hall–Kier alpha value is -8.50. The van der Waals surface area contributed by atoms with E-state index in [1.165, 1.54) is 54.6 Å². The molecule has 2 amide bonds. The lowest BCUT2D eigenvalue weighted by atomic mass is 10.0. The SMILES string of the molecule is COC(=O)c1ccc(Oc2cccc(OC3CCN(C(=O)COCCOCCOCc4cn(CC(=O)N5CCN(c6ncc(-c7nc8c(NC(C)c9cc(C#N)ccc9F)c(Cl)c(C)nc8cc7F)cn6)CC5C)nn4)CC3)c2)nc1. The standard InChI is InChI=1S/C56H58ClF2N13O9/c1-34-29-70(56-62-27-39(28-63-56)52-46(59)24-47-53(66-52)54(51(57)36(3)64-47)65-35(2)44-22-37(25-60)8-10-45(44)58)16-17-72(34)49(73)31-71-30-40(67-68-71)32-78-20-18-77-19-21-79-33-50(74)69-14-12-41(13-15-69)80-42-6-5-7-43(23-42)81-48-11-9-38(26-61-48)55(75)76-4/h5-11,22-24,26-28,30,34-35,41H,12-21,29,31-33H2,1-4H3,(H,64,65). The summed E-state index contributed by atoms with van der Waals surface area (Å²) in [7, 11) is 1.31. The Kier molecular flexibility index (Phi) is 18.8. The van der Waals surface area contributed by atoms with Gasteiger partial charge in [-0.15, -0.1) is 5.10 Å². The lowest BCUT2D eigenvalue weighted by Crippen LogP contribution is -2.55. The van der Waals surface area contributed by atoms with Gasteiger partial charge in [-0.2, -0.15) is 5.26 Å². The summed E-state index contributed by atoms with van der Waals surface area (Å²) in [6.45, 7) is 8.88. The molecule has 2 saturated heterocycles. The van der Waals surface area contributed by atoms with Crippen LogP contribution in [0.5, 0.6) is 17.4 Å². The van der Waals surface area contributed by atoms with Crippen LogP contribution in [-0.4, -0.2) is 153 Å². The molecule has 2 unspecified atom stereocenters. The Labute approximate surface area is 469 Å². The van der Waals surface area contributed by atoms with E-state index >= 15 is 4.39 Å². The largest absolute Gasteiger partial charge is 0.490 e. The molecule has 9 rings (SSSR count). The topological polar surface area (TPSA) is 247 Å². The van der Waals surface area contributed by atoms with Gasteiger partial charge in [0.15, 0.2) is 5.82 Å². The second-order valence-corrected chi connectivity index (χ2v) is 19.6. The average Bonchev–Trinajstić information content (AvgIpc) is 3.96. The van der Waals surface area contributed by atoms with Crippen LogP contribution in [0, 0.1) is 29.9 Å². The predicted octanol–water partition coefficient (Wildman–Crippen LogP) is 7.29. The Morgan fingerprint density at radius 2 is 1.64 bits per heavy atom. The minimum Gasteiger partial charge on any atom is -0.490 e. The van der Waals surface area contributed by atoms with E-state index in [0.717, 1.165) is 0 Å². The van der Waals surface area contributed by atoms with Crippen molar-refractivity contribution in [2.24, 2.45) is 0 Å². The fourth-order valence-corrected chi connectivity index (χ4v) is 9.44. The molecule has 7 aromatic rings. The molecule has 22 nitrogen and oxygen atoms in total.